The second-order valence-electron chi connectivity index (χ2n) is 6.88. The zero-order chi connectivity index (χ0) is 21.5. The molecule has 150 valence electrons. The van der Waals surface area contributed by atoms with Gasteiger partial charge < -0.3 is 4.40 Å². The third-order valence-corrected chi connectivity index (χ3v) is 4.94. The van der Waals surface area contributed by atoms with Gasteiger partial charge in [-0.25, -0.2) is 0 Å². The van der Waals surface area contributed by atoms with E-state index < -0.39 is 17.5 Å². The molecule has 4 aromatic rings. The van der Waals surface area contributed by atoms with E-state index in [4.69, 9.17) is 0 Å². The number of benzene rings is 2. The predicted octanol–water partition coefficient (Wildman–Crippen LogP) is 6.06. The molecule has 0 saturated carbocycles. The van der Waals surface area contributed by atoms with Crippen LogP contribution < -0.4 is 0 Å². The monoisotopic (exact) mass is 407 g/mol. The smallest absolute Gasteiger partial charge is 0.313 e. The third kappa shape index (κ3) is 3.30. The molecule has 3 nitrogen and oxygen atoms in total. The van der Waals surface area contributed by atoms with Crippen molar-refractivity contribution in [1.29, 1.82) is 0 Å². The molecule has 6 heteroatoms. The van der Waals surface area contributed by atoms with Crippen molar-refractivity contribution in [2.75, 3.05) is 0 Å². The van der Waals surface area contributed by atoms with Crippen LogP contribution in [0.25, 0.3) is 16.6 Å². The fourth-order valence-electron chi connectivity index (χ4n) is 3.63. The van der Waals surface area contributed by atoms with Gasteiger partial charge in [-0.3, -0.25) is 9.59 Å². The lowest BCUT2D eigenvalue weighted by Gasteiger charge is -2.09. The van der Waals surface area contributed by atoms with Gasteiger partial charge in [0.25, 0.3) is 0 Å². The van der Waals surface area contributed by atoms with E-state index in [2.05, 4.69) is 0 Å². The van der Waals surface area contributed by atoms with Crippen LogP contribution in [0.4, 0.5) is 13.2 Å². The number of fused-ring (bicyclic) bond motifs is 1. The van der Waals surface area contributed by atoms with Gasteiger partial charge in [-0.05, 0) is 29.8 Å². The van der Waals surface area contributed by atoms with Crippen LogP contribution in [0, 0.1) is 0 Å². The summed E-state index contributed by atoms with van der Waals surface area (Å²) in [5.41, 5.74) is 1.60. The minimum absolute atomic E-state index is 0.117. The molecule has 0 radical (unpaired) electrons. The van der Waals surface area contributed by atoms with Gasteiger partial charge in [0.05, 0.1) is 22.3 Å². The zero-order valence-electron chi connectivity index (χ0n) is 15.9. The quantitative estimate of drug-likeness (QED) is 0.386. The van der Waals surface area contributed by atoms with E-state index in [-0.39, 0.29) is 16.9 Å². The molecule has 0 unspecified atom stereocenters. The number of pyridine rings is 1. The summed E-state index contributed by atoms with van der Waals surface area (Å²) < 4.78 is 40.4. The molecule has 0 fully saturated rings. The van der Waals surface area contributed by atoms with Crippen LogP contribution >= 0.6 is 0 Å². The second-order valence-corrected chi connectivity index (χ2v) is 6.88. The molecular formula is C24H16F3NO2. The number of carbonyl (C=O) groups is 2. The first-order chi connectivity index (χ1) is 14.3. The van der Waals surface area contributed by atoms with Crippen molar-refractivity contribution < 1.29 is 22.8 Å². The van der Waals surface area contributed by atoms with Crippen LogP contribution in [0.15, 0.2) is 79.0 Å². The van der Waals surface area contributed by atoms with E-state index in [1.165, 1.54) is 19.1 Å². The molecule has 0 aliphatic rings. The Morgan fingerprint density at radius 3 is 2.07 bits per heavy atom. The van der Waals surface area contributed by atoms with Crippen molar-refractivity contribution in [3.63, 3.8) is 0 Å². The number of nitrogens with zero attached hydrogens (tertiary/aromatic N) is 1. The lowest BCUT2D eigenvalue weighted by Crippen LogP contribution is -2.07. The van der Waals surface area contributed by atoms with Gasteiger partial charge in [0.15, 0.2) is 11.6 Å². The molecule has 0 aliphatic heterocycles. The number of carbonyl (C=O) groups excluding carboxylic acids is 2. The number of hydrogen-bond acceptors (Lipinski definition) is 2. The van der Waals surface area contributed by atoms with Gasteiger partial charge in [0.2, 0.25) is 0 Å². The van der Waals surface area contributed by atoms with Gasteiger partial charge in [0, 0.05) is 24.2 Å². The topological polar surface area (TPSA) is 38.5 Å². The summed E-state index contributed by atoms with van der Waals surface area (Å²) in [7, 11) is 0. The fourth-order valence-corrected chi connectivity index (χ4v) is 3.63. The number of ketones is 2. The minimum atomic E-state index is -4.48. The summed E-state index contributed by atoms with van der Waals surface area (Å²) >= 11 is 0. The largest absolute Gasteiger partial charge is 0.416 e. The van der Waals surface area contributed by atoms with E-state index >= 15 is 0 Å². The normalized spacial score (nSPS) is 11.6. The molecular weight excluding hydrogens is 391 g/mol. The van der Waals surface area contributed by atoms with Gasteiger partial charge >= 0.3 is 6.18 Å². The van der Waals surface area contributed by atoms with Crippen molar-refractivity contribution in [2.45, 2.75) is 13.1 Å². The second kappa shape index (κ2) is 7.30. The van der Waals surface area contributed by atoms with Crippen LogP contribution in [-0.4, -0.2) is 16.0 Å². The van der Waals surface area contributed by atoms with E-state index in [1.807, 2.05) is 6.07 Å². The number of rotatable bonds is 4. The van der Waals surface area contributed by atoms with Gasteiger partial charge in [-0.2, -0.15) is 13.2 Å². The van der Waals surface area contributed by atoms with Crippen LogP contribution in [0.1, 0.15) is 38.9 Å². The zero-order valence-corrected chi connectivity index (χ0v) is 15.9. The van der Waals surface area contributed by atoms with E-state index in [0.29, 0.717) is 22.3 Å². The molecule has 30 heavy (non-hydrogen) atoms. The molecule has 0 spiro atoms. The first-order valence-electron chi connectivity index (χ1n) is 9.20. The highest BCUT2D eigenvalue weighted by Crippen LogP contribution is 2.36. The maximum atomic E-state index is 13.4. The first-order valence-corrected chi connectivity index (χ1v) is 9.20. The van der Waals surface area contributed by atoms with Crippen molar-refractivity contribution in [2.24, 2.45) is 0 Å². The number of alkyl halides is 3. The molecule has 0 N–H and O–H groups in total. The molecule has 2 heterocycles. The summed E-state index contributed by atoms with van der Waals surface area (Å²) in [6.45, 7) is 1.42. The van der Waals surface area contributed by atoms with Gasteiger partial charge in [-0.1, -0.05) is 48.5 Å². The SMILES string of the molecule is CC(=O)c1c(-c2ccccc2)c(C(=O)c2ccc(C(F)(F)F)cc2)c2ccccn12. The van der Waals surface area contributed by atoms with Crippen molar-refractivity contribution in [1.82, 2.24) is 4.40 Å². The maximum absolute atomic E-state index is 13.4. The Balaban J connectivity index is 1.98. The predicted molar refractivity (Wildman–Crippen MR) is 108 cm³/mol. The van der Waals surface area contributed by atoms with Crippen LogP contribution in [0.3, 0.4) is 0 Å². The average molecular weight is 407 g/mol. The van der Waals surface area contributed by atoms with Crippen molar-refractivity contribution in [3.8, 4) is 11.1 Å². The third-order valence-electron chi connectivity index (χ3n) is 4.94. The van der Waals surface area contributed by atoms with Crippen LogP contribution in [0.2, 0.25) is 0 Å². The Hall–Kier alpha value is -3.67. The lowest BCUT2D eigenvalue weighted by molar-refractivity contribution is -0.137. The molecule has 0 aliphatic carbocycles. The van der Waals surface area contributed by atoms with Gasteiger partial charge in [-0.15, -0.1) is 0 Å². The molecule has 0 atom stereocenters. The highest BCUT2D eigenvalue weighted by molar-refractivity contribution is 6.20. The molecule has 2 aromatic heterocycles. The molecule has 0 saturated heterocycles. The van der Waals surface area contributed by atoms with Crippen molar-refractivity contribution in [3.05, 3.63) is 101 Å². The van der Waals surface area contributed by atoms with Crippen LogP contribution in [-0.2, 0) is 6.18 Å². The van der Waals surface area contributed by atoms with E-state index in [0.717, 1.165) is 12.1 Å². The minimum Gasteiger partial charge on any atom is -0.313 e. The van der Waals surface area contributed by atoms with E-state index in [9.17, 15) is 22.8 Å². The molecule has 0 bridgehead atoms. The number of hydrogen-bond donors (Lipinski definition) is 0. The Labute approximate surface area is 170 Å². The highest BCUT2D eigenvalue weighted by atomic mass is 19.4. The summed E-state index contributed by atoms with van der Waals surface area (Å²) in [5, 5.41) is 0. The summed E-state index contributed by atoms with van der Waals surface area (Å²) in [6.07, 6.45) is -2.79. The molecule has 2 aromatic carbocycles. The highest BCUT2D eigenvalue weighted by Gasteiger charge is 2.31. The number of halogens is 3. The summed E-state index contributed by atoms with van der Waals surface area (Å²) in [4.78, 5) is 26.0. The fraction of sp³-hybridized carbons (Fsp3) is 0.0833. The van der Waals surface area contributed by atoms with Gasteiger partial charge in [0.1, 0.15) is 0 Å². The van der Waals surface area contributed by atoms with Crippen LogP contribution in [0.5, 0.6) is 0 Å². The Morgan fingerprint density at radius 1 is 0.833 bits per heavy atom. The van der Waals surface area contributed by atoms with E-state index in [1.54, 1.807) is 53.1 Å². The lowest BCUT2D eigenvalue weighted by atomic mass is 9.93. The maximum Gasteiger partial charge on any atom is 0.416 e. The first kappa shape index (κ1) is 19.6. The summed E-state index contributed by atoms with van der Waals surface area (Å²) in [5.74, 6) is -0.666. The standard InChI is InChI=1S/C24H16F3NO2/c1-15(29)22-20(16-7-3-2-4-8-16)21(19-9-5-6-14-28(19)22)23(30)17-10-12-18(13-11-17)24(25,26)27/h2-14H,1H3. The molecule has 4 rings (SSSR count). The molecule has 0 amide bonds. The number of Topliss-reactive ketones (excluding diaryl/α,β-unsaturated/α-hetero) is 1. The van der Waals surface area contributed by atoms with Crippen molar-refractivity contribution >= 4 is 17.1 Å². The Morgan fingerprint density at radius 2 is 1.47 bits per heavy atom. The number of aromatic nitrogens is 1. The summed E-state index contributed by atoms with van der Waals surface area (Å²) in [6, 6.07) is 18.3. The average Bonchev–Trinajstić information content (AvgIpc) is 3.09. The Kier molecular flexibility index (Phi) is 4.78. The Bertz CT molecular complexity index is 1250.